The molecule has 2 heterocycles. The van der Waals surface area contributed by atoms with Crippen LogP contribution in [0.5, 0.6) is 0 Å². The molecular formula is C24H48N6O12. The lowest BCUT2D eigenvalue weighted by molar-refractivity contribution is -0.306. The van der Waals surface area contributed by atoms with Crippen LogP contribution in [-0.4, -0.2) is 171 Å². The third-order valence-electron chi connectivity index (χ3n) is 8.29. The fraction of sp³-hybridized carbons (Fsp3) is 0.958. The lowest BCUT2D eigenvalue weighted by Crippen LogP contribution is -2.70. The Morgan fingerprint density at radius 1 is 0.952 bits per heavy atom. The van der Waals surface area contributed by atoms with Crippen molar-refractivity contribution in [2.75, 3.05) is 32.8 Å². The van der Waals surface area contributed by atoms with Crippen LogP contribution in [0, 0.1) is 5.92 Å². The van der Waals surface area contributed by atoms with Crippen LogP contribution >= 0.6 is 0 Å². The van der Waals surface area contributed by atoms with E-state index in [0.717, 1.165) is 0 Å². The molecule has 0 bridgehead atoms. The Morgan fingerprint density at radius 2 is 1.64 bits per heavy atom. The molecule has 1 aliphatic carbocycles. The molecule has 0 spiro atoms. The van der Waals surface area contributed by atoms with E-state index in [9.17, 15) is 40.5 Å². The normalized spacial score (nSPS) is 44.4. The van der Waals surface area contributed by atoms with Crippen molar-refractivity contribution in [3.05, 3.63) is 0 Å². The van der Waals surface area contributed by atoms with Crippen molar-refractivity contribution in [1.82, 2.24) is 10.6 Å². The summed E-state index contributed by atoms with van der Waals surface area (Å²) in [7, 11) is 0. The van der Waals surface area contributed by atoms with E-state index in [0.29, 0.717) is 0 Å². The molecule has 0 aromatic heterocycles. The second kappa shape index (κ2) is 15.7. The number of nitrogens with two attached hydrogens (primary N) is 4. The molecule has 18 heteroatoms. The molecule has 3 unspecified atom stereocenters. The first-order valence-corrected chi connectivity index (χ1v) is 14.1. The van der Waals surface area contributed by atoms with E-state index in [-0.39, 0.29) is 32.5 Å². The summed E-state index contributed by atoms with van der Waals surface area (Å²) in [5, 5.41) is 87.2. The highest BCUT2D eigenvalue weighted by molar-refractivity contribution is 5.81. The minimum atomic E-state index is -1.91. The van der Waals surface area contributed by atoms with Crippen LogP contribution in [0.3, 0.4) is 0 Å². The van der Waals surface area contributed by atoms with E-state index in [1.165, 1.54) is 0 Å². The molecule has 1 saturated carbocycles. The fourth-order valence-corrected chi connectivity index (χ4v) is 5.85. The second-order valence-electron chi connectivity index (χ2n) is 11.2. The smallest absolute Gasteiger partial charge is 0.251 e. The van der Waals surface area contributed by atoms with Crippen molar-refractivity contribution in [2.24, 2.45) is 28.9 Å². The van der Waals surface area contributed by atoms with Gasteiger partial charge in [0.1, 0.15) is 30.5 Å². The number of carbonyl (C=O) groups is 1. The van der Waals surface area contributed by atoms with Gasteiger partial charge in [0, 0.05) is 37.6 Å². The molecular weight excluding hydrogens is 564 g/mol. The average molecular weight is 613 g/mol. The molecule has 1 amide bonds. The summed E-state index contributed by atoms with van der Waals surface area (Å²) in [6, 6.07) is -4.05. The van der Waals surface area contributed by atoms with Gasteiger partial charge in [0.15, 0.2) is 12.4 Å². The van der Waals surface area contributed by atoms with Crippen molar-refractivity contribution < 1.29 is 59.9 Å². The summed E-state index contributed by atoms with van der Waals surface area (Å²) in [6.45, 7) is -0.774. The molecule has 2 aliphatic heterocycles. The number of carbonyl (C=O) groups excluding carboxylic acids is 1. The number of aliphatic hydroxyl groups is 8. The van der Waals surface area contributed by atoms with E-state index >= 15 is 0 Å². The monoisotopic (exact) mass is 612 g/mol. The van der Waals surface area contributed by atoms with E-state index < -0.39 is 116 Å². The first-order chi connectivity index (χ1) is 19.9. The Labute approximate surface area is 242 Å². The molecule has 3 fully saturated rings. The van der Waals surface area contributed by atoms with Crippen LogP contribution in [0.15, 0.2) is 0 Å². The quantitative estimate of drug-likeness (QED) is 0.0909. The summed E-state index contributed by atoms with van der Waals surface area (Å²) >= 11 is 0. The van der Waals surface area contributed by atoms with Crippen LogP contribution in [-0.2, 0) is 19.0 Å². The SMILES string of the molecule is NCC(O)C(O)C(=O)N[C@@H]1C[C@H](N)C([C@H]2O[C@H](CNCCO)[C@@H](O)C[C@H]2N)[C@H](O)[C@H]1O[C@H]1O[C@H](CO)[C@@H](O)[C@H](N)[C@H]1O. The number of rotatable bonds is 12. The summed E-state index contributed by atoms with van der Waals surface area (Å²) in [5.41, 5.74) is 24.1. The number of ether oxygens (including phenoxy) is 3. The number of hydrogen-bond acceptors (Lipinski definition) is 17. The molecule has 2 saturated heterocycles. The third kappa shape index (κ3) is 7.91. The minimum Gasteiger partial charge on any atom is -0.395 e. The molecule has 3 aliphatic rings. The van der Waals surface area contributed by atoms with Crippen LogP contribution in [0.2, 0.25) is 0 Å². The predicted octanol–water partition coefficient (Wildman–Crippen LogP) is -8.56. The molecule has 16 atom stereocenters. The number of hydrogen-bond donors (Lipinski definition) is 14. The number of nitrogens with one attached hydrogen (secondary N) is 2. The second-order valence-corrected chi connectivity index (χ2v) is 11.2. The molecule has 3 rings (SSSR count). The Balaban J connectivity index is 1.88. The maximum absolute atomic E-state index is 12.7. The first-order valence-electron chi connectivity index (χ1n) is 14.1. The zero-order valence-electron chi connectivity index (χ0n) is 23.2. The van der Waals surface area contributed by atoms with Gasteiger partial charge in [-0.25, -0.2) is 0 Å². The zero-order chi connectivity index (χ0) is 31.3. The maximum atomic E-state index is 12.7. The van der Waals surface area contributed by atoms with Gasteiger partial charge in [0.05, 0.1) is 49.7 Å². The van der Waals surface area contributed by atoms with Crippen molar-refractivity contribution in [3.8, 4) is 0 Å². The molecule has 0 aromatic rings. The maximum Gasteiger partial charge on any atom is 0.251 e. The Kier molecular flexibility index (Phi) is 13.2. The van der Waals surface area contributed by atoms with E-state index in [4.69, 9.17) is 42.3 Å². The van der Waals surface area contributed by atoms with Gasteiger partial charge in [-0.3, -0.25) is 4.79 Å². The average Bonchev–Trinajstić information content (AvgIpc) is 2.95. The molecule has 0 radical (unpaired) electrons. The Bertz CT molecular complexity index is 850. The van der Waals surface area contributed by atoms with E-state index in [1.807, 2.05) is 0 Å². The highest BCUT2D eigenvalue weighted by Crippen LogP contribution is 2.36. The highest BCUT2D eigenvalue weighted by atomic mass is 16.7. The van der Waals surface area contributed by atoms with Crippen LogP contribution < -0.4 is 33.6 Å². The lowest BCUT2D eigenvalue weighted by Gasteiger charge is -2.51. The molecule has 18 nitrogen and oxygen atoms in total. The van der Waals surface area contributed by atoms with Gasteiger partial charge in [0.2, 0.25) is 0 Å². The Hall–Kier alpha value is -1.17. The first kappa shape index (κ1) is 35.3. The lowest BCUT2D eigenvalue weighted by atomic mass is 9.72. The van der Waals surface area contributed by atoms with Gasteiger partial charge >= 0.3 is 0 Å². The molecule has 18 N–H and O–H groups in total. The van der Waals surface area contributed by atoms with Crippen LogP contribution in [0.25, 0.3) is 0 Å². The van der Waals surface area contributed by atoms with Crippen LogP contribution in [0.4, 0.5) is 0 Å². The van der Waals surface area contributed by atoms with Crippen LogP contribution in [0.1, 0.15) is 12.8 Å². The summed E-state index contributed by atoms with van der Waals surface area (Å²) in [5.74, 6) is -1.96. The largest absolute Gasteiger partial charge is 0.395 e. The topological polar surface area (TPSA) is 335 Å². The summed E-state index contributed by atoms with van der Waals surface area (Å²) < 4.78 is 17.6. The fourth-order valence-electron chi connectivity index (χ4n) is 5.85. The standard InChI is InChI=1S/C24H48N6O12/c25-5-12(34)17(35)23(39)30-10-3-8(26)15(21-9(27)4-11(33)13(40-21)6-29-1-2-31)19(37)22(10)42-24-20(38)16(28)18(36)14(7-32)41-24/h8-22,24,29,31-38H,1-7,25-28H2,(H,30,39)/t8-,9+,10+,11-,12?,13+,14+,15?,16-,17?,18+,19-,20+,21-,22-,24+/m0/s1. The highest BCUT2D eigenvalue weighted by Gasteiger charge is 2.54. The molecule has 42 heavy (non-hydrogen) atoms. The van der Waals surface area contributed by atoms with Crippen molar-refractivity contribution in [2.45, 2.75) is 104 Å². The zero-order valence-corrected chi connectivity index (χ0v) is 23.2. The van der Waals surface area contributed by atoms with Crippen molar-refractivity contribution >= 4 is 5.91 Å². The number of aliphatic hydroxyl groups excluding tert-OH is 8. The predicted molar refractivity (Wildman–Crippen MR) is 143 cm³/mol. The Morgan fingerprint density at radius 3 is 2.26 bits per heavy atom. The van der Waals surface area contributed by atoms with Gasteiger partial charge in [-0.2, -0.15) is 0 Å². The molecule has 0 aromatic carbocycles. The third-order valence-corrected chi connectivity index (χ3v) is 8.29. The van der Waals surface area contributed by atoms with Gasteiger partial charge in [-0.05, 0) is 12.8 Å². The van der Waals surface area contributed by atoms with Gasteiger partial charge in [0.25, 0.3) is 5.91 Å². The molecule has 246 valence electrons. The van der Waals surface area contributed by atoms with Crippen molar-refractivity contribution in [3.63, 3.8) is 0 Å². The van der Waals surface area contributed by atoms with Crippen molar-refractivity contribution in [1.29, 1.82) is 0 Å². The van der Waals surface area contributed by atoms with Gasteiger partial charge < -0.3 is 88.6 Å². The van der Waals surface area contributed by atoms with Gasteiger partial charge in [-0.15, -0.1) is 0 Å². The summed E-state index contributed by atoms with van der Waals surface area (Å²) in [6.07, 6.45) is -14.8. The van der Waals surface area contributed by atoms with Gasteiger partial charge in [-0.1, -0.05) is 0 Å². The minimum absolute atomic E-state index is 0.0624. The summed E-state index contributed by atoms with van der Waals surface area (Å²) in [4.78, 5) is 12.7. The number of amides is 1. The van der Waals surface area contributed by atoms with E-state index in [2.05, 4.69) is 10.6 Å². The van der Waals surface area contributed by atoms with E-state index in [1.54, 1.807) is 0 Å².